The lowest BCUT2D eigenvalue weighted by atomic mass is 10.2. The Balaban J connectivity index is 1.51. The second-order valence-electron chi connectivity index (χ2n) is 5.39. The van der Waals surface area contributed by atoms with Crippen molar-refractivity contribution in [3.8, 4) is 5.75 Å². The molecule has 0 aliphatic carbocycles. The number of carbonyl (C=O) groups excluding carboxylic acids is 1. The molecule has 0 fully saturated rings. The van der Waals surface area contributed by atoms with Gasteiger partial charge in [0.2, 0.25) is 11.0 Å². The number of aryl methyl sites for hydroxylation is 2. The van der Waals surface area contributed by atoms with Gasteiger partial charge >= 0.3 is 0 Å². The normalized spacial score (nSPS) is 11.0. The van der Waals surface area contributed by atoms with Crippen LogP contribution in [-0.2, 0) is 17.8 Å². The summed E-state index contributed by atoms with van der Waals surface area (Å²) in [5.74, 6) is 0.529. The Bertz CT molecular complexity index is 900. The average molecular weight is 387 g/mol. The molecule has 134 valence electrons. The van der Waals surface area contributed by atoms with Crippen LogP contribution in [0.4, 0.5) is 5.13 Å². The number of thiazole rings is 1. The number of hydrogen-bond acceptors (Lipinski definition) is 7. The number of anilines is 1. The molecule has 0 radical (unpaired) electrons. The topological polar surface area (TPSA) is 77.0 Å². The Morgan fingerprint density at radius 1 is 1.27 bits per heavy atom. The summed E-state index contributed by atoms with van der Waals surface area (Å²) in [6, 6.07) is 7.53. The van der Waals surface area contributed by atoms with Crippen LogP contribution in [0, 0.1) is 6.92 Å². The van der Waals surface area contributed by atoms with Gasteiger partial charge in [0, 0.05) is 11.5 Å². The fourth-order valence-corrected chi connectivity index (χ4v) is 3.35. The van der Waals surface area contributed by atoms with Gasteiger partial charge in [0.15, 0.2) is 0 Å². The van der Waals surface area contributed by atoms with Crippen molar-refractivity contribution >= 4 is 39.8 Å². The third kappa shape index (κ3) is 5.21. The monoisotopic (exact) mass is 386 g/mol. The zero-order valence-electron chi connectivity index (χ0n) is 14.4. The summed E-state index contributed by atoms with van der Waals surface area (Å²) < 4.78 is 5.70. The molecule has 0 aliphatic rings. The van der Waals surface area contributed by atoms with Crippen LogP contribution in [-0.4, -0.2) is 21.1 Å². The number of aromatic nitrogens is 3. The smallest absolute Gasteiger partial charge is 0.250 e. The van der Waals surface area contributed by atoms with E-state index >= 15 is 0 Å². The van der Waals surface area contributed by atoms with Gasteiger partial charge in [-0.25, -0.2) is 4.98 Å². The molecule has 1 aromatic carbocycles. The van der Waals surface area contributed by atoms with E-state index in [2.05, 4.69) is 20.5 Å². The van der Waals surface area contributed by atoms with E-state index in [0.717, 1.165) is 33.4 Å². The van der Waals surface area contributed by atoms with Crippen molar-refractivity contribution in [2.75, 3.05) is 5.32 Å². The van der Waals surface area contributed by atoms with Gasteiger partial charge in [-0.05, 0) is 37.1 Å². The summed E-state index contributed by atoms with van der Waals surface area (Å²) in [6.45, 7) is 4.42. The van der Waals surface area contributed by atoms with Crippen molar-refractivity contribution in [1.82, 2.24) is 15.2 Å². The number of ether oxygens (including phenoxy) is 1. The van der Waals surface area contributed by atoms with E-state index in [1.54, 1.807) is 17.4 Å². The van der Waals surface area contributed by atoms with E-state index in [9.17, 15) is 4.79 Å². The number of benzene rings is 1. The highest BCUT2D eigenvalue weighted by molar-refractivity contribution is 7.15. The van der Waals surface area contributed by atoms with E-state index in [-0.39, 0.29) is 5.91 Å². The molecule has 0 saturated carbocycles. The van der Waals surface area contributed by atoms with Gasteiger partial charge in [0.1, 0.15) is 17.4 Å². The maximum absolute atomic E-state index is 11.9. The largest absolute Gasteiger partial charge is 0.487 e. The third-order valence-corrected chi connectivity index (χ3v) is 5.17. The number of carbonyl (C=O) groups is 1. The van der Waals surface area contributed by atoms with Crippen molar-refractivity contribution < 1.29 is 9.53 Å². The lowest BCUT2D eigenvalue weighted by Gasteiger charge is -2.04. The molecule has 1 amide bonds. The molecular formula is C18H18N4O2S2. The maximum atomic E-state index is 11.9. The van der Waals surface area contributed by atoms with Crippen LogP contribution in [0.25, 0.3) is 6.08 Å². The summed E-state index contributed by atoms with van der Waals surface area (Å²) in [5.41, 5.74) is 1.83. The Hall–Kier alpha value is -2.58. The summed E-state index contributed by atoms with van der Waals surface area (Å²) in [7, 11) is 0. The molecular weight excluding hydrogens is 368 g/mol. The summed E-state index contributed by atoms with van der Waals surface area (Å²) in [6.07, 6.45) is 4.02. The second-order valence-corrected chi connectivity index (χ2v) is 7.52. The van der Waals surface area contributed by atoms with E-state index in [4.69, 9.17) is 4.74 Å². The van der Waals surface area contributed by atoms with Crippen LogP contribution < -0.4 is 10.1 Å². The first-order chi connectivity index (χ1) is 12.6. The Labute approximate surface area is 159 Å². The zero-order chi connectivity index (χ0) is 18.4. The first-order valence-corrected chi connectivity index (χ1v) is 9.77. The van der Waals surface area contributed by atoms with Crippen LogP contribution in [0.2, 0.25) is 0 Å². The molecule has 6 nitrogen and oxygen atoms in total. The molecule has 2 heterocycles. The molecule has 26 heavy (non-hydrogen) atoms. The van der Waals surface area contributed by atoms with Gasteiger partial charge in [-0.15, -0.1) is 21.5 Å². The quantitative estimate of drug-likeness (QED) is 0.619. The lowest BCUT2D eigenvalue weighted by Crippen LogP contribution is -2.07. The van der Waals surface area contributed by atoms with Crippen LogP contribution in [0.1, 0.15) is 28.2 Å². The third-order valence-electron chi connectivity index (χ3n) is 3.36. The van der Waals surface area contributed by atoms with Gasteiger partial charge in [-0.2, -0.15) is 0 Å². The first-order valence-electron chi connectivity index (χ1n) is 8.07. The Morgan fingerprint density at radius 3 is 2.73 bits per heavy atom. The predicted octanol–water partition coefficient (Wildman–Crippen LogP) is 4.10. The molecule has 8 heteroatoms. The van der Waals surface area contributed by atoms with Crippen LogP contribution in [0.5, 0.6) is 5.75 Å². The lowest BCUT2D eigenvalue weighted by molar-refractivity contribution is -0.111. The van der Waals surface area contributed by atoms with Crippen molar-refractivity contribution in [3.05, 3.63) is 57.0 Å². The number of hydrogen-bond donors (Lipinski definition) is 1. The van der Waals surface area contributed by atoms with Crippen molar-refractivity contribution in [2.45, 2.75) is 26.9 Å². The van der Waals surface area contributed by atoms with Gasteiger partial charge in [-0.1, -0.05) is 30.4 Å². The standard InChI is InChI=1S/C18H18N4O2S2/c1-3-17-21-22-18(26-17)20-16(23)9-6-13-4-7-15(8-5-13)24-10-14-11-25-12(2)19-14/h4-9,11H,3,10H2,1-2H3,(H,20,22,23)/b9-6+. The Kier molecular flexibility index (Phi) is 6.08. The van der Waals surface area contributed by atoms with Crippen molar-refractivity contribution in [3.63, 3.8) is 0 Å². The number of amides is 1. The summed E-state index contributed by atoms with van der Waals surface area (Å²) >= 11 is 2.99. The molecule has 0 bridgehead atoms. The van der Waals surface area contributed by atoms with Gasteiger partial charge in [0.25, 0.3) is 0 Å². The molecule has 0 atom stereocenters. The fourth-order valence-electron chi connectivity index (χ4n) is 2.07. The van der Waals surface area contributed by atoms with E-state index in [1.165, 1.54) is 17.4 Å². The zero-order valence-corrected chi connectivity index (χ0v) is 16.1. The van der Waals surface area contributed by atoms with E-state index in [0.29, 0.717) is 11.7 Å². The molecule has 1 N–H and O–H groups in total. The molecule has 0 spiro atoms. The second kappa shape index (κ2) is 8.68. The van der Waals surface area contributed by atoms with Gasteiger partial charge < -0.3 is 4.74 Å². The molecule has 0 unspecified atom stereocenters. The van der Waals surface area contributed by atoms with E-state index < -0.39 is 0 Å². The minimum atomic E-state index is -0.233. The van der Waals surface area contributed by atoms with Crippen molar-refractivity contribution in [1.29, 1.82) is 0 Å². The highest BCUT2D eigenvalue weighted by atomic mass is 32.1. The van der Waals surface area contributed by atoms with Gasteiger partial charge in [-0.3, -0.25) is 10.1 Å². The highest BCUT2D eigenvalue weighted by Crippen LogP contribution is 2.17. The van der Waals surface area contributed by atoms with Crippen LogP contribution in [0.15, 0.2) is 35.7 Å². The number of rotatable bonds is 7. The average Bonchev–Trinajstić information content (AvgIpc) is 3.27. The fraction of sp³-hybridized carbons (Fsp3) is 0.222. The molecule has 0 saturated heterocycles. The highest BCUT2D eigenvalue weighted by Gasteiger charge is 2.04. The number of nitrogens with one attached hydrogen (secondary N) is 1. The molecule has 3 rings (SSSR count). The van der Waals surface area contributed by atoms with Crippen LogP contribution in [0.3, 0.4) is 0 Å². The minimum Gasteiger partial charge on any atom is -0.487 e. The Morgan fingerprint density at radius 2 is 2.08 bits per heavy atom. The summed E-state index contributed by atoms with van der Waals surface area (Å²) in [4.78, 5) is 16.3. The van der Waals surface area contributed by atoms with Crippen LogP contribution >= 0.6 is 22.7 Å². The van der Waals surface area contributed by atoms with Gasteiger partial charge in [0.05, 0.1) is 10.7 Å². The minimum absolute atomic E-state index is 0.233. The molecule has 2 aromatic heterocycles. The van der Waals surface area contributed by atoms with Crippen molar-refractivity contribution in [2.24, 2.45) is 0 Å². The molecule has 0 aliphatic heterocycles. The SMILES string of the molecule is CCc1nnc(NC(=O)/C=C/c2ccc(OCc3csc(C)n3)cc2)s1. The van der Waals surface area contributed by atoms with E-state index in [1.807, 2.05) is 43.5 Å². The number of nitrogens with zero attached hydrogens (tertiary/aromatic N) is 3. The maximum Gasteiger partial charge on any atom is 0.250 e. The molecule has 3 aromatic rings. The predicted molar refractivity (Wildman–Crippen MR) is 105 cm³/mol. The summed E-state index contributed by atoms with van der Waals surface area (Å²) in [5, 5.41) is 15.0. The first kappa shape index (κ1) is 18.2.